The van der Waals surface area contributed by atoms with Crippen molar-refractivity contribution >= 4 is 36.2 Å². The average molecular weight is 568 g/mol. The Morgan fingerprint density at radius 1 is 1.27 bits per heavy atom. The molecule has 1 aliphatic rings. The third-order valence-corrected chi connectivity index (χ3v) is 6.11. The van der Waals surface area contributed by atoms with E-state index in [0.717, 1.165) is 6.92 Å². The van der Waals surface area contributed by atoms with Gasteiger partial charge < -0.3 is 39.5 Å². The third kappa shape index (κ3) is 8.09. The van der Waals surface area contributed by atoms with Crippen LogP contribution in [0, 0.1) is 10.8 Å². The van der Waals surface area contributed by atoms with Crippen molar-refractivity contribution in [3.63, 3.8) is 0 Å². The van der Waals surface area contributed by atoms with E-state index in [-0.39, 0.29) is 24.6 Å². The Morgan fingerprint density at radius 3 is 2.52 bits per heavy atom. The van der Waals surface area contributed by atoms with Crippen LogP contribution in [-0.4, -0.2) is 84.0 Å². The first-order valence-electron chi connectivity index (χ1n) is 12.4. The molecule has 1 saturated heterocycles. The molecule has 1 aromatic rings. The van der Waals surface area contributed by atoms with Gasteiger partial charge in [0.2, 0.25) is 6.79 Å². The first-order valence-corrected chi connectivity index (χ1v) is 12.4. The second-order valence-corrected chi connectivity index (χ2v) is 10.2. The van der Waals surface area contributed by atoms with Crippen molar-refractivity contribution in [2.75, 3.05) is 13.4 Å². The van der Waals surface area contributed by atoms with E-state index in [4.69, 9.17) is 30.1 Å². The van der Waals surface area contributed by atoms with E-state index in [9.17, 15) is 24.3 Å². The fraction of sp³-hybridized carbons (Fsp3) is 0.600. The summed E-state index contributed by atoms with van der Waals surface area (Å²) in [7, 11) is 0. The number of aliphatic hydroxyl groups is 1. The molecule has 15 nitrogen and oxygen atoms in total. The number of nitrogens with zero attached hydrogens (tertiary/aromatic N) is 1. The van der Waals surface area contributed by atoms with Crippen molar-refractivity contribution in [2.45, 2.75) is 77.9 Å². The quantitative estimate of drug-likeness (QED) is 0.0874. The first kappa shape index (κ1) is 32.4. The van der Waals surface area contributed by atoms with Crippen molar-refractivity contribution < 1.29 is 48.0 Å². The monoisotopic (exact) mass is 567 g/mol. The Kier molecular flexibility index (Phi) is 10.9. The van der Waals surface area contributed by atoms with E-state index in [1.165, 1.54) is 19.1 Å². The summed E-state index contributed by atoms with van der Waals surface area (Å²) in [5, 5.41) is 20.8. The number of ether oxygens (including phenoxy) is 5. The maximum absolute atomic E-state index is 12.5. The van der Waals surface area contributed by atoms with Gasteiger partial charge in [0.15, 0.2) is 11.9 Å². The molecule has 0 aliphatic carbocycles. The molecule has 6 N–H and O–H groups in total. The molecule has 15 heteroatoms. The van der Waals surface area contributed by atoms with Crippen LogP contribution in [0.2, 0.25) is 0 Å². The number of carbonyl (C=O) groups is 4. The first-order chi connectivity index (χ1) is 18.6. The van der Waals surface area contributed by atoms with Crippen LogP contribution in [0.5, 0.6) is 0 Å². The Hall–Kier alpha value is -3.82. The predicted molar refractivity (Wildman–Crippen MR) is 139 cm³/mol. The molecule has 2 heterocycles. The third-order valence-electron chi connectivity index (χ3n) is 6.11. The van der Waals surface area contributed by atoms with Gasteiger partial charge in [-0.05, 0) is 24.5 Å². The highest BCUT2D eigenvalue weighted by molar-refractivity contribution is 6.07. The SMILES string of the molecule is CCC(=O)O[C@H]1[C@@H](O)[C@](C)(c2ccc(/C(=N\C=N)NC(=O)OCOC(C)=O)[nH]2)O[C@@H]1COC(=O)[C@@H](N)C(C)(C)C. The number of hydrogen-bond acceptors (Lipinski definition) is 12. The summed E-state index contributed by atoms with van der Waals surface area (Å²) in [5.74, 6) is -2.04. The minimum Gasteiger partial charge on any atom is -0.462 e. The number of amides is 1. The lowest BCUT2D eigenvalue weighted by Gasteiger charge is -2.27. The number of amidine groups is 1. The fourth-order valence-electron chi connectivity index (χ4n) is 3.66. The second-order valence-electron chi connectivity index (χ2n) is 10.2. The zero-order valence-corrected chi connectivity index (χ0v) is 23.3. The van der Waals surface area contributed by atoms with Gasteiger partial charge in [-0.3, -0.25) is 25.1 Å². The van der Waals surface area contributed by atoms with Gasteiger partial charge in [0.1, 0.15) is 36.8 Å². The Labute approximate surface area is 231 Å². The molecule has 0 aromatic carbocycles. The minimum absolute atomic E-state index is 0.0384. The number of hydrogen-bond donors (Lipinski definition) is 5. The van der Waals surface area contributed by atoms with Gasteiger partial charge in [0, 0.05) is 13.3 Å². The number of alkyl carbamates (subject to hydrolysis) is 1. The van der Waals surface area contributed by atoms with Crippen LogP contribution in [0.3, 0.4) is 0 Å². The van der Waals surface area contributed by atoms with Gasteiger partial charge in [0.25, 0.3) is 0 Å². The molecule has 1 aromatic heterocycles. The van der Waals surface area contributed by atoms with Crippen molar-refractivity contribution in [1.29, 1.82) is 5.41 Å². The van der Waals surface area contributed by atoms with Crippen LogP contribution in [0.15, 0.2) is 17.1 Å². The zero-order valence-electron chi connectivity index (χ0n) is 23.3. The number of H-pyrrole nitrogens is 1. The van der Waals surface area contributed by atoms with Crippen LogP contribution in [0.25, 0.3) is 0 Å². The van der Waals surface area contributed by atoms with E-state index >= 15 is 0 Å². The number of aromatic amines is 1. The highest BCUT2D eigenvalue weighted by Crippen LogP contribution is 2.41. The lowest BCUT2D eigenvalue weighted by Crippen LogP contribution is -2.45. The standard InChI is InChI=1S/C25H37N5O10/c1-7-17(32)39-18-15(10-36-22(34)19(27)24(3,4)5)40-25(6,20(18)33)16-9-8-14(29-16)21(28-11-26)30-23(35)38-12-37-13(2)31/h8-9,11,15,18-20,29,33H,7,10,12,27H2,1-6H3,(H2,26,28,30,35)/t15-,18-,19-,20-,25+/m1/s1. The highest BCUT2D eigenvalue weighted by Gasteiger charge is 2.55. The summed E-state index contributed by atoms with van der Waals surface area (Å²) in [6.45, 7) is 8.65. The van der Waals surface area contributed by atoms with E-state index < -0.39 is 66.2 Å². The van der Waals surface area contributed by atoms with Gasteiger partial charge >= 0.3 is 24.0 Å². The van der Waals surface area contributed by atoms with Crippen LogP contribution in [0.1, 0.15) is 59.4 Å². The van der Waals surface area contributed by atoms with Gasteiger partial charge in [0.05, 0.1) is 11.4 Å². The molecule has 1 aliphatic heterocycles. The predicted octanol–water partition coefficient (Wildman–Crippen LogP) is 0.828. The number of nitrogens with one attached hydrogen (secondary N) is 3. The summed E-state index contributed by atoms with van der Waals surface area (Å²) in [6.07, 6.45) is -3.93. The van der Waals surface area contributed by atoms with Crippen molar-refractivity contribution in [2.24, 2.45) is 16.1 Å². The molecule has 40 heavy (non-hydrogen) atoms. The Balaban J connectivity index is 2.26. The highest BCUT2D eigenvalue weighted by atomic mass is 16.7. The molecule has 1 amide bonds. The summed E-state index contributed by atoms with van der Waals surface area (Å²) in [5.41, 5.74) is 4.41. The molecule has 1 fully saturated rings. The lowest BCUT2D eigenvalue weighted by atomic mass is 9.87. The normalized spacial score (nSPS) is 23.6. The van der Waals surface area contributed by atoms with E-state index in [0.29, 0.717) is 12.0 Å². The second kappa shape index (κ2) is 13.5. The molecular formula is C25H37N5O10. The largest absolute Gasteiger partial charge is 0.462 e. The Morgan fingerprint density at radius 2 is 1.95 bits per heavy atom. The number of rotatable bonds is 10. The number of aliphatic hydroxyl groups excluding tert-OH is 1. The summed E-state index contributed by atoms with van der Waals surface area (Å²) < 4.78 is 26.2. The average Bonchev–Trinajstić information content (AvgIpc) is 3.46. The number of esters is 3. The molecule has 0 unspecified atom stereocenters. The van der Waals surface area contributed by atoms with Crippen LogP contribution >= 0.6 is 0 Å². The zero-order chi connectivity index (χ0) is 30.3. The van der Waals surface area contributed by atoms with Crippen LogP contribution < -0.4 is 11.1 Å². The summed E-state index contributed by atoms with van der Waals surface area (Å²) >= 11 is 0. The molecule has 5 atom stereocenters. The summed E-state index contributed by atoms with van der Waals surface area (Å²) in [6, 6.07) is 2.10. The van der Waals surface area contributed by atoms with Crippen LogP contribution in [0.4, 0.5) is 4.79 Å². The molecule has 0 saturated carbocycles. The summed E-state index contributed by atoms with van der Waals surface area (Å²) in [4.78, 5) is 54.3. The number of aliphatic imine (C=N–C) groups is 1. The van der Waals surface area contributed by atoms with E-state index in [1.54, 1.807) is 27.7 Å². The lowest BCUT2D eigenvalue weighted by molar-refractivity contribution is -0.162. The number of carbonyl (C=O) groups excluding carboxylic acids is 4. The number of nitrogens with two attached hydrogens (primary N) is 1. The fourth-order valence-corrected chi connectivity index (χ4v) is 3.66. The van der Waals surface area contributed by atoms with Crippen molar-refractivity contribution in [3.8, 4) is 0 Å². The minimum atomic E-state index is -1.49. The number of aromatic nitrogens is 1. The molecule has 0 spiro atoms. The van der Waals surface area contributed by atoms with E-state index in [1.807, 2.05) is 0 Å². The maximum Gasteiger partial charge on any atom is 0.415 e. The van der Waals surface area contributed by atoms with Gasteiger partial charge in [-0.15, -0.1) is 0 Å². The molecule has 222 valence electrons. The smallest absolute Gasteiger partial charge is 0.415 e. The van der Waals surface area contributed by atoms with Gasteiger partial charge in [-0.2, -0.15) is 0 Å². The Bertz CT molecular complexity index is 1130. The molecule has 2 rings (SSSR count). The molecule has 0 bridgehead atoms. The molecule has 0 radical (unpaired) electrons. The van der Waals surface area contributed by atoms with Crippen LogP contribution in [-0.2, 0) is 43.7 Å². The van der Waals surface area contributed by atoms with E-state index in [2.05, 4.69) is 20.0 Å². The topological polar surface area (TPSA) is 225 Å². The van der Waals surface area contributed by atoms with Gasteiger partial charge in [-0.1, -0.05) is 27.7 Å². The van der Waals surface area contributed by atoms with Gasteiger partial charge in [-0.25, -0.2) is 9.79 Å². The maximum atomic E-state index is 12.5. The van der Waals surface area contributed by atoms with Crippen molar-refractivity contribution in [3.05, 3.63) is 23.5 Å². The van der Waals surface area contributed by atoms with Crippen molar-refractivity contribution in [1.82, 2.24) is 10.3 Å². The molecular weight excluding hydrogens is 530 g/mol.